The molecule has 1 N–H and O–H groups in total. The first-order valence-electron chi connectivity index (χ1n) is 9.57. The summed E-state index contributed by atoms with van der Waals surface area (Å²) in [5.41, 5.74) is 0.950. The van der Waals surface area contributed by atoms with Crippen molar-refractivity contribution in [3.63, 3.8) is 0 Å². The molecule has 3 atom stereocenters. The van der Waals surface area contributed by atoms with E-state index in [0.717, 1.165) is 29.3 Å². The zero-order valence-electron chi connectivity index (χ0n) is 17.2. The third-order valence-electron chi connectivity index (χ3n) is 5.10. The fraction of sp³-hybridized carbons (Fsp3) is 0.500. The van der Waals surface area contributed by atoms with Crippen molar-refractivity contribution in [2.75, 3.05) is 27.3 Å². The number of hydrogen-bond acceptors (Lipinski definition) is 8. The highest BCUT2D eigenvalue weighted by Gasteiger charge is 2.35. The molecule has 1 fully saturated rings. The van der Waals surface area contributed by atoms with Crippen LogP contribution in [-0.2, 0) is 4.74 Å². The summed E-state index contributed by atoms with van der Waals surface area (Å²) < 4.78 is 18.5. The van der Waals surface area contributed by atoms with Gasteiger partial charge in [0.1, 0.15) is 17.3 Å². The second-order valence-corrected chi connectivity index (χ2v) is 8.37. The number of morpholine rings is 1. The molecule has 0 saturated carbocycles. The standard InChI is InChI=1S/C20H26N4O4S/c1-11-9-23(10-12(2)28-11)17(15-7-6-14(26-4)8-16(15)27-5)18-19(25)24-20(29-18)21-13(3)22-24/h6-8,11-12,17,25H,9-10H2,1-5H3/t11-,12+,17-/m1/s1. The Balaban J connectivity index is 1.87. The molecule has 0 spiro atoms. The topological polar surface area (TPSA) is 81.4 Å². The molecule has 0 unspecified atom stereocenters. The van der Waals surface area contributed by atoms with E-state index in [0.29, 0.717) is 16.5 Å². The Morgan fingerprint density at radius 1 is 1.21 bits per heavy atom. The smallest absolute Gasteiger partial charge is 0.230 e. The third-order valence-corrected chi connectivity index (χ3v) is 6.17. The number of methoxy groups -OCH3 is 2. The first kappa shape index (κ1) is 19.9. The Labute approximate surface area is 173 Å². The lowest BCUT2D eigenvalue weighted by molar-refractivity contribution is -0.0765. The van der Waals surface area contributed by atoms with E-state index in [2.05, 4.69) is 28.8 Å². The second kappa shape index (κ2) is 7.81. The van der Waals surface area contributed by atoms with E-state index in [4.69, 9.17) is 14.2 Å². The van der Waals surface area contributed by atoms with Gasteiger partial charge in [-0.25, -0.2) is 4.98 Å². The highest BCUT2D eigenvalue weighted by Crippen LogP contribution is 2.44. The molecule has 2 aromatic heterocycles. The zero-order chi connectivity index (χ0) is 20.7. The van der Waals surface area contributed by atoms with E-state index in [-0.39, 0.29) is 24.1 Å². The maximum absolute atomic E-state index is 11.0. The molecule has 1 saturated heterocycles. The lowest BCUT2D eigenvalue weighted by Crippen LogP contribution is -2.47. The predicted molar refractivity (Wildman–Crippen MR) is 110 cm³/mol. The summed E-state index contributed by atoms with van der Waals surface area (Å²) >= 11 is 1.44. The molecule has 8 nitrogen and oxygen atoms in total. The summed E-state index contributed by atoms with van der Waals surface area (Å²) in [7, 11) is 3.28. The molecule has 3 heterocycles. The normalized spacial score (nSPS) is 21.4. The molecule has 0 radical (unpaired) electrons. The number of rotatable bonds is 5. The Hall–Kier alpha value is -2.36. The van der Waals surface area contributed by atoms with Gasteiger partial charge in [0.15, 0.2) is 0 Å². The third kappa shape index (κ3) is 3.65. The van der Waals surface area contributed by atoms with Gasteiger partial charge in [-0.05, 0) is 32.9 Å². The van der Waals surface area contributed by atoms with Gasteiger partial charge in [-0.3, -0.25) is 4.90 Å². The molecule has 0 bridgehead atoms. The summed E-state index contributed by atoms with van der Waals surface area (Å²) in [5.74, 6) is 2.16. The maximum Gasteiger partial charge on any atom is 0.230 e. The van der Waals surface area contributed by atoms with Crippen LogP contribution in [0, 0.1) is 6.92 Å². The second-order valence-electron chi connectivity index (χ2n) is 7.36. The fourth-order valence-corrected chi connectivity index (χ4v) is 5.16. The largest absolute Gasteiger partial charge is 0.497 e. The molecule has 3 aromatic rings. The van der Waals surface area contributed by atoms with Crippen molar-refractivity contribution in [1.82, 2.24) is 19.5 Å². The molecule has 4 rings (SSSR count). The van der Waals surface area contributed by atoms with E-state index in [1.54, 1.807) is 14.2 Å². The van der Waals surface area contributed by atoms with Crippen LogP contribution in [-0.4, -0.2) is 64.1 Å². The van der Waals surface area contributed by atoms with E-state index < -0.39 is 0 Å². The van der Waals surface area contributed by atoms with E-state index in [1.807, 2.05) is 25.1 Å². The Kier molecular flexibility index (Phi) is 5.37. The Bertz CT molecular complexity index is 1010. The predicted octanol–water partition coefficient (Wildman–Crippen LogP) is 3.02. The first-order valence-corrected chi connectivity index (χ1v) is 10.4. The van der Waals surface area contributed by atoms with Crippen LogP contribution in [0.5, 0.6) is 17.4 Å². The fourth-order valence-electron chi connectivity index (χ4n) is 4.00. The Morgan fingerprint density at radius 2 is 1.93 bits per heavy atom. The number of aromatic nitrogens is 3. The van der Waals surface area contributed by atoms with Crippen LogP contribution in [0.4, 0.5) is 0 Å². The van der Waals surface area contributed by atoms with Crippen LogP contribution >= 0.6 is 11.3 Å². The quantitative estimate of drug-likeness (QED) is 0.682. The van der Waals surface area contributed by atoms with Gasteiger partial charge in [0.2, 0.25) is 10.8 Å². The average Bonchev–Trinajstić information content (AvgIpc) is 3.19. The molecule has 0 aliphatic carbocycles. The van der Waals surface area contributed by atoms with Gasteiger partial charge in [-0.15, -0.1) is 5.10 Å². The van der Waals surface area contributed by atoms with E-state index in [1.165, 1.54) is 15.9 Å². The van der Waals surface area contributed by atoms with Crippen LogP contribution < -0.4 is 9.47 Å². The minimum absolute atomic E-state index is 0.0806. The first-order chi connectivity index (χ1) is 13.9. The number of hydrogen-bond donors (Lipinski definition) is 1. The molecule has 9 heteroatoms. The van der Waals surface area contributed by atoms with Crippen LogP contribution in [0.2, 0.25) is 0 Å². The van der Waals surface area contributed by atoms with Crippen molar-refractivity contribution in [1.29, 1.82) is 0 Å². The average molecular weight is 419 g/mol. The molecule has 29 heavy (non-hydrogen) atoms. The van der Waals surface area contributed by atoms with Gasteiger partial charge in [-0.2, -0.15) is 4.52 Å². The van der Waals surface area contributed by atoms with Crippen LogP contribution in [0.3, 0.4) is 0 Å². The maximum atomic E-state index is 11.0. The summed E-state index contributed by atoms with van der Waals surface area (Å²) in [6.07, 6.45) is 0.161. The SMILES string of the molecule is COc1ccc([C@H](c2sc3nc(C)nn3c2O)N2C[C@@H](C)O[C@@H](C)C2)c(OC)c1. The van der Waals surface area contributed by atoms with E-state index >= 15 is 0 Å². The lowest BCUT2D eigenvalue weighted by Gasteiger charge is -2.40. The van der Waals surface area contributed by atoms with Crippen molar-refractivity contribution < 1.29 is 19.3 Å². The number of ether oxygens (including phenoxy) is 3. The molecular weight excluding hydrogens is 392 g/mol. The lowest BCUT2D eigenvalue weighted by atomic mass is 10.00. The Morgan fingerprint density at radius 3 is 2.55 bits per heavy atom. The van der Waals surface area contributed by atoms with Gasteiger partial charge in [0.25, 0.3) is 0 Å². The minimum Gasteiger partial charge on any atom is -0.497 e. The van der Waals surface area contributed by atoms with Crippen LogP contribution in [0.25, 0.3) is 4.96 Å². The molecule has 156 valence electrons. The zero-order valence-corrected chi connectivity index (χ0v) is 18.1. The van der Waals surface area contributed by atoms with Crippen molar-refractivity contribution >= 4 is 16.3 Å². The highest BCUT2D eigenvalue weighted by atomic mass is 32.1. The van der Waals surface area contributed by atoms with Crippen molar-refractivity contribution in [3.8, 4) is 17.4 Å². The molecule has 1 aliphatic heterocycles. The van der Waals surface area contributed by atoms with Gasteiger partial charge >= 0.3 is 0 Å². The van der Waals surface area contributed by atoms with Crippen molar-refractivity contribution in [3.05, 3.63) is 34.5 Å². The van der Waals surface area contributed by atoms with Crippen molar-refractivity contribution in [2.45, 2.75) is 39.0 Å². The number of thiazole rings is 1. The van der Waals surface area contributed by atoms with Crippen LogP contribution in [0.15, 0.2) is 18.2 Å². The molecule has 1 aliphatic rings. The summed E-state index contributed by atoms with van der Waals surface area (Å²) in [4.78, 5) is 8.20. The van der Waals surface area contributed by atoms with Gasteiger partial charge < -0.3 is 19.3 Å². The number of benzene rings is 1. The summed E-state index contributed by atoms with van der Waals surface area (Å²) in [6.45, 7) is 7.41. The summed E-state index contributed by atoms with van der Waals surface area (Å²) in [6, 6.07) is 5.55. The van der Waals surface area contributed by atoms with Crippen molar-refractivity contribution in [2.24, 2.45) is 0 Å². The number of nitrogens with zero attached hydrogens (tertiary/aromatic N) is 4. The number of aryl methyl sites for hydroxylation is 1. The molecule has 1 aromatic carbocycles. The monoisotopic (exact) mass is 418 g/mol. The highest BCUT2D eigenvalue weighted by molar-refractivity contribution is 7.17. The number of fused-ring (bicyclic) bond motifs is 1. The molecular formula is C20H26N4O4S. The van der Waals surface area contributed by atoms with Gasteiger partial charge in [-0.1, -0.05) is 11.3 Å². The van der Waals surface area contributed by atoms with Gasteiger partial charge in [0.05, 0.1) is 37.3 Å². The number of aromatic hydroxyl groups is 1. The van der Waals surface area contributed by atoms with Crippen LogP contribution in [0.1, 0.15) is 36.2 Å². The van der Waals surface area contributed by atoms with Gasteiger partial charge in [0, 0.05) is 24.7 Å². The summed E-state index contributed by atoms with van der Waals surface area (Å²) in [5, 5.41) is 15.3. The minimum atomic E-state index is -0.224. The molecule has 0 amide bonds. The van der Waals surface area contributed by atoms with E-state index in [9.17, 15) is 5.11 Å².